The number of hydrogen-bond acceptors (Lipinski definition) is 4. The molecule has 3 aromatic rings. The van der Waals surface area contributed by atoms with Crippen molar-refractivity contribution in [2.45, 2.75) is 0 Å². The highest BCUT2D eigenvalue weighted by Crippen LogP contribution is 2.15. The molecule has 0 atom stereocenters. The molecule has 0 aliphatic carbocycles. The largest absolute Gasteiger partial charge is 0.355 e. The van der Waals surface area contributed by atoms with E-state index in [1.807, 2.05) is 24.3 Å². The van der Waals surface area contributed by atoms with E-state index in [0.717, 1.165) is 22.9 Å². The summed E-state index contributed by atoms with van der Waals surface area (Å²) in [6.07, 6.45) is 3.79. The Labute approximate surface area is 96.0 Å². The lowest BCUT2D eigenvalue weighted by Gasteiger charge is -1.84. The Balaban J connectivity index is 1.95. The number of nitrogens with one attached hydrogen (secondary N) is 1. The van der Waals surface area contributed by atoms with Crippen LogP contribution in [0.5, 0.6) is 0 Å². The highest BCUT2D eigenvalue weighted by Gasteiger charge is 1.97. The molecule has 2 heterocycles. The average molecular weight is 228 g/mol. The van der Waals surface area contributed by atoms with Gasteiger partial charge in [-0.1, -0.05) is 22.7 Å². The molecule has 2 aromatic heterocycles. The molecule has 5 heteroatoms. The third-order valence-electron chi connectivity index (χ3n) is 2.28. The second-order valence-corrected chi connectivity index (χ2v) is 3.87. The minimum Gasteiger partial charge on any atom is -0.355 e. The molecule has 0 aliphatic rings. The third kappa shape index (κ3) is 1.72. The van der Waals surface area contributed by atoms with Crippen molar-refractivity contribution >= 4 is 34.8 Å². The first kappa shape index (κ1) is 9.23. The highest BCUT2D eigenvalue weighted by molar-refractivity contribution is 6.98. The van der Waals surface area contributed by atoms with Crippen molar-refractivity contribution in [1.82, 2.24) is 18.9 Å². The molecule has 0 bridgehead atoms. The van der Waals surface area contributed by atoms with Gasteiger partial charge in [0.1, 0.15) is 0 Å². The van der Waals surface area contributed by atoms with Gasteiger partial charge in [0, 0.05) is 11.2 Å². The number of rotatable bonds is 2. The minimum absolute atomic E-state index is 0.642. The van der Waals surface area contributed by atoms with Crippen molar-refractivity contribution in [3.05, 3.63) is 41.9 Å². The fourth-order valence-electron chi connectivity index (χ4n) is 1.55. The Morgan fingerprint density at radius 1 is 1.19 bits per heavy atom. The van der Waals surface area contributed by atoms with Crippen molar-refractivity contribution in [3.8, 4) is 0 Å². The van der Waals surface area contributed by atoms with Gasteiger partial charge >= 0.3 is 0 Å². The molecule has 3 rings (SSSR count). The van der Waals surface area contributed by atoms with E-state index < -0.39 is 0 Å². The summed E-state index contributed by atoms with van der Waals surface area (Å²) in [6.45, 7) is 0. The molecule has 0 spiro atoms. The van der Waals surface area contributed by atoms with Crippen molar-refractivity contribution in [2.24, 2.45) is 0 Å². The zero-order chi connectivity index (χ0) is 10.8. The Morgan fingerprint density at radius 2 is 2.12 bits per heavy atom. The van der Waals surface area contributed by atoms with Crippen LogP contribution in [0.15, 0.2) is 30.3 Å². The van der Waals surface area contributed by atoms with Crippen molar-refractivity contribution in [2.75, 3.05) is 0 Å². The SMILES string of the molecule is C(=C\c1cc2ccccc2[nH]1)/c1nnsn1. The molecule has 0 fully saturated rings. The molecule has 78 valence electrons. The number of aromatic amines is 1. The van der Waals surface area contributed by atoms with E-state index in [2.05, 4.69) is 37.1 Å². The van der Waals surface area contributed by atoms with E-state index in [1.54, 1.807) is 0 Å². The van der Waals surface area contributed by atoms with Crippen LogP contribution in [0.2, 0.25) is 0 Å². The maximum Gasteiger partial charge on any atom is 0.189 e. The molecule has 0 aliphatic heterocycles. The van der Waals surface area contributed by atoms with Gasteiger partial charge in [0.15, 0.2) is 5.82 Å². The molecule has 16 heavy (non-hydrogen) atoms. The normalized spacial score (nSPS) is 11.5. The van der Waals surface area contributed by atoms with Crippen molar-refractivity contribution in [3.63, 3.8) is 0 Å². The number of nitrogens with zero attached hydrogens (tertiary/aromatic N) is 3. The molecule has 0 amide bonds. The van der Waals surface area contributed by atoms with E-state index in [1.165, 1.54) is 5.39 Å². The van der Waals surface area contributed by atoms with Gasteiger partial charge in [-0.2, -0.15) is 4.37 Å². The second-order valence-electron chi connectivity index (χ2n) is 3.36. The Bertz CT molecular complexity index is 591. The van der Waals surface area contributed by atoms with Gasteiger partial charge in [-0.25, -0.2) is 0 Å². The Hall–Kier alpha value is -2.01. The standard InChI is InChI=1S/C11H8N4S/c1-2-4-10-8(3-1)7-9(12-10)5-6-11-13-15-16-14-11/h1-7,12H/b6-5+. The molecule has 1 aromatic carbocycles. The zero-order valence-electron chi connectivity index (χ0n) is 8.29. The lowest BCUT2D eigenvalue weighted by Crippen LogP contribution is -1.74. The van der Waals surface area contributed by atoms with E-state index >= 15 is 0 Å². The Kier molecular flexibility index (Phi) is 2.23. The van der Waals surface area contributed by atoms with Crippen molar-refractivity contribution in [1.29, 1.82) is 0 Å². The molecular formula is C11H8N4S. The average Bonchev–Trinajstić information content (AvgIpc) is 2.95. The predicted molar refractivity (Wildman–Crippen MR) is 64.9 cm³/mol. The van der Waals surface area contributed by atoms with E-state index in [4.69, 9.17) is 0 Å². The maximum atomic E-state index is 4.00. The lowest BCUT2D eigenvalue weighted by molar-refractivity contribution is 1.11. The summed E-state index contributed by atoms with van der Waals surface area (Å²) in [5.41, 5.74) is 2.17. The number of aromatic nitrogens is 4. The maximum absolute atomic E-state index is 4.00. The number of H-pyrrole nitrogens is 1. The molecule has 0 radical (unpaired) electrons. The van der Waals surface area contributed by atoms with Gasteiger partial charge in [-0.05, 0) is 29.7 Å². The first-order chi connectivity index (χ1) is 7.92. The molecule has 1 N–H and O–H groups in total. The fraction of sp³-hybridized carbons (Fsp3) is 0. The topological polar surface area (TPSA) is 54.5 Å². The van der Waals surface area contributed by atoms with Crippen LogP contribution in [0.1, 0.15) is 11.5 Å². The van der Waals surface area contributed by atoms with Gasteiger partial charge < -0.3 is 4.98 Å². The van der Waals surface area contributed by atoms with Crippen LogP contribution in [0.4, 0.5) is 0 Å². The Morgan fingerprint density at radius 3 is 2.94 bits per heavy atom. The van der Waals surface area contributed by atoms with Gasteiger partial charge in [-0.15, -0.1) is 5.10 Å². The summed E-state index contributed by atoms with van der Waals surface area (Å²) in [7, 11) is 0. The van der Waals surface area contributed by atoms with Crippen LogP contribution < -0.4 is 0 Å². The van der Waals surface area contributed by atoms with Crippen LogP contribution in [0, 0.1) is 0 Å². The van der Waals surface area contributed by atoms with Gasteiger partial charge in [0.25, 0.3) is 0 Å². The lowest BCUT2D eigenvalue weighted by atomic mass is 10.2. The van der Waals surface area contributed by atoms with Gasteiger partial charge in [-0.3, -0.25) is 0 Å². The smallest absolute Gasteiger partial charge is 0.189 e. The molecule has 0 saturated carbocycles. The number of fused-ring (bicyclic) bond motifs is 1. The summed E-state index contributed by atoms with van der Waals surface area (Å²) in [6, 6.07) is 10.3. The van der Waals surface area contributed by atoms with Crippen molar-refractivity contribution < 1.29 is 0 Å². The second kappa shape index (κ2) is 3.86. The van der Waals surface area contributed by atoms with Gasteiger partial charge in [0.05, 0.1) is 11.7 Å². The quantitative estimate of drug-likeness (QED) is 0.733. The highest BCUT2D eigenvalue weighted by atomic mass is 32.1. The first-order valence-corrected chi connectivity index (χ1v) is 5.56. The van der Waals surface area contributed by atoms with E-state index in [9.17, 15) is 0 Å². The third-order valence-corrected chi connectivity index (χ3v) is 2.70. The summed E-state index contributed by atoms with van der Waals surface area (Å²) in [5, 5.41) is 5.04. The van der Waals surface area contributed by atoms with E-state index in [-0.39, 0.29) is 0 Å². The molecular weight excluding hydrogens is 220 g/mol. The summed E-state index contributed by atoms with van der Waals surface area (Å²) in [4.78, 5) is 3.30. The summed E-state index contributed by atoms with van der Waals surface area (Å²) < 4.78 is 7.70. The summed E-state index contributed by atoms with van der Waals surface area (Å²) in [5.74, 6) is 0.642. The summed E-state index contributed by atoms with van der Waals surface area (Å²) >= 11 is 1.11. The van der Waals surface area contributed by atoms with Gasteiger partial charge in [0.2, 0.25) is 0 Å². The van der Waals surface area contributed by atoms with Crippen LogP contribution in [-0.2, 0) is 0 Å². The molecule has 0 saturated heterocycles. The predicted octanol–water partition coefficient (Wildman–Crippen LogP) is 2.58. The van der Waals surface area contributed by atoms with Crippen LogP contribution in [-0.4, -0.2) is 18.9 Å². The number of para-hydroxylation sites is 1. The monoisotopic (exact) mass is 228 g/mol. The number of hydrogen-bond donors (Lipinski definition) is 1. The van der Waals surface area contributed by atoms with Crippen LogP contribution >= 0.6 is 11.7 Å². The molecule has 0 unspecified atom stereocenters. The van der Waals surface area contributed by atoms with E-state index in [0.29, 0.717) is 5.82 Å². The zero-order valence-corrected chi connectivity index (χ0v) is 9.11. The van der Waals surface area contributed by atoms with Crippen LogP contribution in [0.25, 0.3) is 23.1 Å². The fourth-order valence-corrected chi connectivity index (χ4v) is 1.89. The number of benzene rings is 1. The van der Waals surface area contributed by atoms with Crippen LogP contribution in [0.3, 0.4) is 0 Å². The minimum atomic E-state index is 0.642. The molecule has 4 nitrogen and oxygen atoms in total. The first-order valence-electron chi connectivity index (χ1n) is 4.83.